The average Bonchev–Trinajstić information content (AvgIpc) is 3.73. The Balaban J connectivity index is 0.734. The van der Waals surface area contributed by atoms with Crippen LogP contribution >= 0.6 is 11.3 Å². The van der Waals surface area contributed by atoms with Gasteiger partial charge < -0.3 is 24.7 Å². The lowest BCUT2D eigenvalue weighted by molar-refractivity contribution is 0.0769. The molecule has 5 aromatic rings. The van der Waals surface area contributed by atoms with Gasteiger partial charge in [-0.15, -0.1) is 0 Å². The van der Waals surface area contributed by atoms with Crippen molar-refractivity contribution in [3.05, 3.63) is 118 Å². The fraction of sp³-hybridized carbons (Fsp3) is 0.381. The van der Waals surface area contributed by atoms with Gasteiger partial charge in [-0.05, 0) is 72.2 Å². The average molecular weight is 773 g/mol. The third-order valence-corrected chi connectivity index (χ3v) is 12.7. The number of thiazole rings is 1. The second-order valence-electron chi connectivity index (χ2n) is 15.3. The summed E-state index contributed by atoms with van der Waals surface area (Å²) in [6.45, 7) is 4.35. The second-order valence-corrected chi connectivity index (χ2v) is 16.4. The Kier molecular flexibility index (Phi) is 9.32. The zero-order chi connectivity index (χ0) is 37.6. The van der Waals surface area contributed by atoms with Gasteiger partial charge in [0.05, 0.1) is 11.7 Å². The molecule has 3 N–H and O–H groups in total. The fourth-order valence-electron chi connectivity index (χ4n) is 8.87. The van der Waals surface area contributed by atoms with Crippen molar-refractivity contribution < 1.29 is 23.7 Å². The Morgan fingerprint density at radius 3 is 2.00 bits per heavy atom. The van der Waals surface area contributed by atoms with E-state index in [2.05, 4.69) is 73.7 Å². The van der Waals surface area contributed by atoms with Crippen molar-refractivity contribution in [2.24, 2.45) is 5.73 Å². The van der Waals surface area contributed by atoms with Gasteiger partial charge in [0.1, 0.15) is 13.2 Å². The van der Waals surface area contributed by atoms with E-state index in [1.807, 2.05) is 24.3 Å². The summed E-state index contributed by atoms with van der Waals surface area (Å²) >= 11 is 1.62. The minimum atomic E-state index is -0.464. The predicted octanol–water partition coefficient (Wildman–Crippen LogP) is 6.42. The molecule has 10 rings (SSSR count). The van der Waals surface area contributed by atoms with Crippen LogP contribution in [0.5, 0.6) is 23.3 Å². The van der Waals surface area contributed by atoms with E-state index in [1.54, 1.807) is 28.7 Å². The van der Waals surface area contributed by atoms with Gasteiger partial charge in [-0.3, -0.25) is 15.2 Å². The van der Waals surface area contributed by atoms with E-state index in [1.165, 1.54) is 16.0 Å². The number of nitrogens with zero attached hydrogens (tertiary/aromatic N) is 6. The summed E-state index contributed by atoms with van der Waals surface area (Å²) in [5, 5.41) is 2.38. The van der Waals surface area contributed by atoms with Crippen LogP contribution in [0.4, 0.5) is 9.93 Å². The van der Waals surface area contributed by atoms with Gasteiger partial charge in [-0.2, -0.15) is 0 Å². The van der Waals surface area contributed by atoms with Crippen LogP contribution in [0.15, 0.2) is 85.2 Å². The number of nitrogens with two attached hydrogens (primary N) is 1. The second kappa shape index (κ2) is 14.9. The van der Waals surface area contributed by atoms with Gasteiger partial charge in [0.25, 0.3) is 11.8 Å². The van der Waals surface area contributed by atoms with Gasteiger partial charge in [0.2, 0.25) is 5.13 Å². The van der Waals surface area contributed by atoms with E-state index in [0.29, 0.717) is 48.6 Å². The molecule has 2 saturated heterocycles. The molecule has 2 amide bonds. The number of fused-ring (bicyclic) bond motifs is 5. The monoisotopic (exact) mass is 772 g/mol. The number of hydrogen-bond donors (Lipinski definition) is 2. The highest BCUT2D eigenvalue weighted by Crippen LogP contribution is 2.40. The molecule has 288 valence electrons. The number of benzene rings is 2. The first-order valence-corrected chi connectivity index (χ1v) is 20.3. The van der Waals surface area contributed by atoms with Crippen LogP contribution < -0.4 is 30.1 Å². The summed E-state index contributed by atoms with van der Waals surface area (Å²) in [4.78, 5) is 32.8. The molecule has 14 heteroatoms. The molecule has 5 aliphatic heterocycles. The number of ether oxygens (including phenoxy) is 4. The van der Waals surface area contributed by atoms with Crippen LogP contribution in [0, 0.1) is 0 Å². The predicted molar refractivity (Wildman–Crippen MR) is 209 cm³/mol. The van der Waals surface area contributed by atoms with Crippen LogP contribution in [0.25, 0.3) is 0 Å². The summed E-state index contributed by atoms with van der Waals surface area (Å²) in [6, 6.07) is 25.0. The number of nitrogens with one attached hydrogen (secondary N) is 1. The number of carbonyl (C=O) groups excluding carboxylic acids is 1. The van der Waals surface area contributed by atoms with Crippen molar-refractivity contribution in [1.82, 2.24) is 29.8 Å². The third-order valence-electron chi connectivity index (χ3n) is 11.7. The molecule has 5 aliphatic rings. The quantitative estimate of drug-likeness (QED) is 0.161. The van der Waals surface area contributed by atoms with Crippen LogP contribution in [0.3, 0.4) is 0 Å². The molecule has 56 heavy (non-hydrogen) atoms. The molecule has 2 bridgehead atoms. The zero-order valence-corrected chi connectivity index (χ0v) is 31.8. The lowest BCUT2D eigenvalue weighted by atomic mass is 9.96. The normalized spacial score (nSPS) is 24.0. The summed E-state index contributed by atoms with van der Waals surface area (Å²) in [5.74, 6) is 2.44. The first-order valence-electron chi connectivity index (χ1n) is 19.5. The maximum Gasteiger partial charge on any atom is 0.333 e. The lowest BCUT2D eigenvalue weighted by Gasteiger charge is -2.42. The molecule has 0 unspecified atom stereocenters. The standard InChI is InChI=1S/C42H44N8O5S/c43-41(51)50(32-19-30-13-14-31(20-32)49(30)22-27-7-11-29(12-8-27)37-25-53-35-4-2-17-45-40(35)55-37)47-42-46-33-15-18-48(23-38(33)56-42)21-26-5-9-28(10-6-26)36-24-52-34-3-1-16-44-39(34)54-36/h1-12,16-17,30-32,36-37H,13-15,18-25H2,(H2,43,51)(H,46,47)/t30-,31-,36+,37+/m0/s1. The highest BCUT2D eigenvalue weighted by molar-refractivity contribution is 7.15. The number of aromatic nitrogens is 3. The van der Waals surface area contributed by atoms with Gasteiger partial charge in [-0.1, -0.05) is 59.9 Å². The third kappa shape index (κ3) is 7.08. The van der Waals surface area contributed by atoms with Crippen LogP contribution in [-0.4, -0.2) is 73.7 Å². The first kappa shape index (κ1) is 35.0. The molecule has 4 atom stereocenters. The molecule has 2 aromatic carbocycles. The molecular formula is C42H44N8O5S. The Bertz CT molecular complexity index is 2190. The Morgan fingerprint density at radius 2 is 1.41 bits per heavy atom. The van der Waals surface area contributed by atoms with Crippen molar-refractivity contribution in [3.8, 4) is 23.3 Å². The molecule has 8 heterocycles. The number of urea groups is 1. The van der Waals surface area contributed by atoms with Crippen molar-refractivity contribution >= 4 is 22.5 Å². The van der Waals surface area contributed by atoms with Crippen LogP contribution in [0.2, 0.25) is 0 Å². The first-order chi connectivity index (χ1) is 27.5. The van der Waals surface area contributed by atoms with E-state index in [-0.39, 0.29) is 18.2 Å². The Labute approximate surface area is 329 Å². The SMILES string of the molecule is NC(=O)N(Nc1nc2c(s1)CN(Cc1ccc([C@H]3COc4cccnc4O3)cc1)CC2)C1C[C@@H]2CC[C@@H](C1)N2Cc1ccc([C@H]2COc3cccnc3O2)cc1. The van der Waals surface area contributed by atoms with Crippen molar-refractivity contribution in [2.75, 3.05) is 25.2 Å². The highest BCUT2D eigenvalue weighted by Gasteiger charge is 2.43. The van der Waals surface area contributed by atoms with Crippen LogP contribution in [0.1, 0.15) is 70.7 Å². The number of hydrazine groups is 1. The number of pyridine rings is 2. The molecule has 0 saturated carbocycles. The molecule has 0 radical (unpaired) electrons. The lowest BCUT2D eigenvalue weighted by Crippen LogP contribution is -2.54. The van der Waals surface area contributed by atoms with Gasteiger partial charge in [0.15, 0.2) is 23.7 Å². The summed E-state index contributed by atoms with van der Waals surface area (Å²) in [5.41, 5.74) is 15.1. The number of piperidine rings is 1. The number of anilines is 1. The topological polar surface area (TPSA) is 140 Å². The number of hydrogen-bond acceptors (Lipinski definition) is 12. The maximum absolute atomic E-state index is 12.9. The van der Waals surface area contributed by atoms with Crippen molar-refractivity contribution in [1.29, 1.82) is 0 Å². The molecule has 0 aliphatic carbocycles. The summed E-state index contributed by atoms with van der Waals surface area (Å²) in [7, 11) is 0. The molecule has 0 spiro atoms. The van der Waals surface area contributed by atoms with Crippen molar-refractivity contribution in [2.45, 2.75) is 82.1 Å². The maximum atomic E-state index is 12.9. The fourth-order valence-corrected chi connectivity index (χ4v) is 9.91. The van der Waals surface area contributed by atoms with Crippen LogP contribution in [-0.2, 0) is 26.1 Å². The number of carbonyl (C=O) groups is 1. The van der Waals surface area contributed by atoms with E-state index in [0.717, 1.165) is 80.2 Å². The highest BCUT2D eigenvalue weighted by atomic mass is 32.1. The molecule has 2 fully saturated rings. The summed E-state index contributed by atoms with van der Waals surface area (Å²) in [6.07, 6.45) is 7.88. The zero-order valence-electron chi connectivity index (χ0n) is 31.0. The van der Waals surface area contributed by atoms with Gasteiger partial charge in [0, 0.05) is 62.0 Å². The van der Waals surface area contributed by atoms with Gasteiger partial charge in [-0.25, -0.2) is 24.8 Å². The van der Waals surface area contributed by atoms with Crippen molar-refractivity contribution in [3.63, 3.8) is 0 Å². The number of rotatable bonds is 9. The molecule has 3 aromatic heterocycles. The van der Waals surface area contributed by atoms with E-state index < -0.39 is 6.03 Å². The minimum Gasteiger partial charge on any atom is -0.484 e. The largest absolute Gasteiger partial charge is 0.484 e. The van der Waals surface area contributed by atoms with E-state index >= 15 is 0 Å². The van der Waals surface area contributed by atoms with E-state index in [9.17, 15) is 4.79 Å². The Hall–Kier alpha value is -5.44. The minimum absolute atomic E-state index is 0.000501. The number of amides is 2. The Morgan fingerprint density at radius 1 is 0.821 bits per heavy atom. The molecule has 13 nitrogen and oxygen atoms in total. The smallest absolute Gasteiger partial charge is 0.333 e. The molecular weight excluding hydrogens is 729 g/mol. The van der Waals surface area contributed by atoms with E-state index in [4.69, 9.17) is 29.7 Å². The van der Waals surface area contributed by atoms with Gasteiger partial charge >= 0.3 is 6.03 Å². The summed E-state index contributed by atoms with van der Waals surface area (Å²) < 4.78 is 24.0. The number of primary amides is 1.